The highest BCUT2D eigenvalue weighted by Crippen LogP contribution is 2.35. The minimum absolute atomic E-state index is 0.400. The molecule has 108 valence electrons. The van der Waals surface area contributed by atoms with Gasteiger partial charge in [0.1, 0.15) is 11.6 Å². The van der Waals surface area contributed by atoms with E-state index in [0.717, 1.165) is 43.9 Å². The standard InChI is InChI=1S/C14H20N4O2/c1-2-16-14(19)20-12-5-6-17-13-11(12)4-3-10-9-15-7-8-18(10)13/h5-6,10,15H,2-4,7-9H2,1H3,(H,16,19)/t10-/m1/s1. The summed E-state index contributed by atoms with van der Waals surface area (Å²) in [5, 5.41) is 6.07. The van der Waals surface area contributed by atoms with Crippen molar-refractivity contribution in [3.8, 4) is 5.75 Å². The van der Waals surface area contributed by atoms with E-state index in [1.807, 2.05) is 6.92 Å². The zero-order chi connectivity index (χ0) is 13.9. The van der Waals surface area contributed by atoms with Crippen LogP contribution in [0.5, 0.6) is 5.75 Å². The number of hydrogen-bond acceptors (Lipinski definition) is 5. The molecule has 6 heteroatoms. The summed E-state index contributed by atoms with van der Waals surface area (Å²) in [7, 11) is 0. The minimum atomic E-state index is -0.400. The van der Waals surface area contributed by atoms with Crippen LogP contribution in [0.4, 0.5) is 10.6 Å². The van der Waals surface area contributed by atoms with E-state index in [9.17, 15) is 4.79 Å². The Morgan fingerprint density at radius 2 is 2.55 bits per heavy atom. The first kappa shape index (κ1) is 13.2. The van der Waals surface area contributed by atoms with Crippen molar-refractivity contribution >= 4 is 11.9 Å². The lowest BCUT2D eigenvalue weighted by Gasteiger charge is -2.41. The summed E-state index contributed by atoms with van der Waals surface area (Å²) in [5.41, 5.74) is 1.05. The maximum absolute atomic E-state index is 11.6. The molecule has 1 amide bonds. The van der Waals surface area contributed by atoms with Gasteiger partial charge in [0.15, 0.2) is 0 Å². The molecule has 0 aliphatic carbocycles. The molecule has 1 atom stereocenters. The van der Waals surface area contributed by atoms with Crippen LogP contribution in [0.2, 0.25) is 0 Å². The van der Waals surface area contributed by atoms with E-state index in [1.165, 1.54) is 0 Å². The Bertz CT molecular complexity index is 506. The Hall–Kier alpha value is -1.82. The summed E-state index contributed by atoms with van der Waals surface area (Å²) in [4.78, 5) is 18.4. The molecule has 0 bridgehead atoms. The van der Waals surface area contributed by atoms with Crippen molar-refractivity contribution in [1.29, 1.82) is 0 Å². The molecule has 3 heterocycles. The van der Waals surface area contributed by atoms with Gasteiger partial charge < -0.3 is 20.3 Å². The number of ether oxygens (including phenoxy) is 1. The molecule has 0 saturated carbocycles. The number of carbonyl (C=O) groups is 1. The predicted molar refractivity (Wildman–Crippen MR) is 76.3 cm³/mol. The number of piperazine rings is 1. The summed E-state index contributed by atoms with van der Waals surface area (Å²) in [5.74, 6) is 1.61. The van der Waals surface area contributed by atoms with Gasteiger partial charge in [-0.3, -0.25) is 0 Å². The van der Waals surface area contributed by atoms with E-state index < -0.39 is 6.09 Å². The SMILES string of the molecule is CCNC(=O)Oc1ccnc2c1CC[C@@H]1CNCCN21. The number of hydrogen-bond donors (Lipinski definition) is 2. The van der Waals surface area contributed by atoms with Crippen molar-refractivity contribution in [2.45, 2.75) is 25.8 Å². The Labute approximate surface area is 118 Å². The number of fused-ring (bicyclic) bond motifs is 3. The molecule has 2 aliphatic heterocycles. The first-order valence-electron chi connectivity index (χ1n) is 7.20. The first-order valence-corrected chi connectivity index (χ1v) is 7.20. The summed E-state index contributed by atoms with van der Waals surface area (Å²) >= 11 is 0. The first-order chi connectivity index (χ1) is 9.79. The number of rotatable bonds is 2. The lowest BCUT2D eigenvalue weighted by Crippen LogP contribution is -2.53. The number of anilines is 1. The summed E-state index contributed by atoms with van der Waals surface area (Å²) < 4.78 is 5.40. The number of pyridine rings is 1. The van der Waals surface area contributed by atoms with Gasteiger partial charge in [-0.1, -0.05) is 0 Å². The van der Waals surface area contributed by atoms with E-state index in [0.29, 0.717) is 18.3 Å². The number of nitrogens with one attached hydrogen (secondary N) is 2. The maximum Gasteiger partial charge on any atom is 0.412 e. The zero-order valence-electron chi connectivity index (χ0n) is 11.7. The molecule has 20 heavy (non-hydrogen) atoms. The van der Waals surface area contributed by atoms with Crippen molar-refractivity contribution in [3.05, 3.63) is 17.8 Å². The molecule has 1 saturated heterocycles. The Balaban J connectivity index is 1.86. The molecule has 1 aromatic heterocycles. The van der Waals surface area contributed by atoms with Crippen LogP contribution in [0.1, 0.15) is 18.9 Å². The molecular weight excluding hydrogens is 256 g/mol. The van der Waals surface area contributed by atoms with Crippen LogP contribution in [0, 0.1) is 0 Å². The molecular formula is C14H20N4O2. The highest BCUT2D eigenvalue weighted by Gasteiger charge is 2.31. The van der Waals surface area contributed by atoms with Gasteiger partial charge in [-0.25, -0.2) is 9.78 Å². The lowest BCUT2D eigenvalue weighted by atomic mass is 9.96. The van der Waals surface area contributed by atoms with E-state index in [2.05, 4.69) is 20.5 Å². The largest absolute Gasteiger partial charge is 0.412 e. The average Bonchev–Trinajstić information content (AvgIpc) is 2.47. The number of amides is 1. The van der Waals surface area contributed by atoms with Gasteiger partial charge in [-0.2, -0.15) is 0 Å². The predicted octanol–water partition coefficient (Wildman–Crippen LogP) is 0.914. The topological polar surface area (TPSA) is 66.5 Å². The third-order valence-corrected chi connectivity index (χ3v) is 3.86. The quantitative estimate of drug-likeness (QED) is 0.840. The maximum atomic E-state index is 11.6. The summed E-state index contributed by atoms with van der Waals surface area (Å²) in [6.07, 6.45) is 3.29. The molecule has 2 N–H and O–H groups in total. The number of aromatic nitrogens is 1. The second-order valence-electron chi connectivity index (χ2n) is 5.12. The van der Waals surface area contributed by atoms with E-state index in [-0.39, 0.29) is 0 Å². The normalized spacial score (nSPS) is 20.9. The van der Waals surface area contributed by atoms with Gasteiger partial charge >= 0.3 is 6.09 Å². The molecule has 2 aliphatic rings. The minimum Gasteiger partial charge on any atom is -0.410 e. The van der Waals surface area contributed by atoms with Crippen molar-refractivity contribution in [2.75, 3.05) is 31.1 Å². The Morgan fingerprint density at radius 1 is 1.65 bits per heavy atom. The Kier molecular flexibility index (Phi) is 3.73. The highest BCUT2D eigenvalue weighted by molar-refractivity contribution is 5.72. The van der Waals surface area contributed by atoms with Crippen molar-refractivity contribution in [1.82, 2.24) is 15.6 Å². The van der Waals surface area contributed by atoms with Gasteiger partial charge in [-0.15, -0.1) is 0 Å². The zero-order valence-corrected chi connectivity index (χ0v) is 11.7. The van der Waals surface area contributed by atoms with Gasteiger partial charge in [-0.05, 0) is 25.8 Å². The molecule has 0 aromatic carbocycles. The smallest absolute Gasteiger partial charge is 0.410 e. The second-order valence-corrected chi connectivity index (χ2v) is 5.12. The van der Waals surface area contributed by atoms with Gasteiger partial charge in [0, 0.05) is 44.0 Å². The van der Waals surface area contributed by atoms with E-state index in [4.69, 9.17) is 4.74 Å². The van der Waals surface area contributed by atoms with Gasteiger partial charge in [0.25, 0.3) is 0 Å². The van der Waals surface area contributed by atoms with Gasteiger partial charge in [0.2, 0.25) is 0 Å². The fraction of sp³-hybridized carbons (Fsp3) is 0.571. The van der Waals surface area contributed by atoms with Gasteiger partial charge in [0.05, 0.1) is 0 Å². The summed E-state index contributed by atoms with van der Waals surface area (Å²) in [6, 6.07) is 2.28. The van der Waals surface area contributed by atoms with Crippen LogP contribution >= 0.6 is 0 Å². The third-order valence-electron chi connectivity index (χ3n) is 3.86. The molecule has 3 rings (SSSR count). The van der Waals surface area contributed by atoms with E-state index >= 15 is 0 Å². The van der Waals surface area contributed by atoms with Crippen molar-refractivity contribution in [2.24, 2.45) is 0 Å². The third kappa shape index (κ3) is 2.43. The molecule has 1 aromatic rings. The molecule has 0 radical (unpaired) electrons. The molecule has 0 spiro atoms. The van der Waals surface area contributed by atoms with E-state index in [1.54, 1.807) is 12.3 Å². The molecule has 0 unspecified atom stereocenters. The van der Waals surface area contributed by atoms with Crippen LogP contribution in [0.3, 0.4) is 0 Å². The number of nitrogens with zero attached hydrogens (tertiary/aromatic N) is 2. The molecule has 1 fully saturated rings. The summed E-state index contributed by atoms with van der Waals surface area (Å²) in [6.45, 7) is 5.36. The van der Waals surface area contributed by atoms with Crippen LogP contribution in [0.15, 0.2) is 12.3 Å². The van der Waals surface area contributed by atoms with Crippen LogP contribution < -0.4 is 20.3 Å². The van der Waals surface area contributed by atoms with Crippen molar-refractivity contribution in [3.63, 3.8) is 0 Å². The van der Waals surface area contributed by atoms with Crippen LogP contribution in [0.25, 0.3) is 0 Å². The fourth-order valence-electron chi connectivity index (χ4n) is 2.93. The molecule has 6 nitrogen and oxygen atoms in total. The highest BCUT2D eigenvalue weighted by atomic mass is 16.6. The van der Waals surface area contributed by atoms with Crippen LogP contribution in [-0.2, 0) is 6.42 Å². The average molecular weight is 276 g/mol. The lowest BCUT2D eigenvalue weighted by molar-refractivity contribution is 0.200. The monoisotopic (exact) mass is 276 g/mol. The fourth-order valence-corrected chi connectivity index (χ4v) is 2.93. The van der Waals surface area contributed by atoms with Crippen LogP contribution in [-0.4, -0.2) is 43.3 Å². The number of carbonyl (C=O) groups excluding carboxylic acids is 1. The Morgan fingerprint density at radius 3 is 3.40 bits per heavy atom. The second kappa shape index (κ2) is 5.66. The van der Waals surface area contributed by atoms with Crippen molar-refractivity contribution < 1.29 is 9.53 Å².